The van der Waals surface area contributed by atoms with Gasteiger partial charge in [-0.25, -0.2) is 0 Å². The van der Waals surface area contributed by atoms with E-state index in [1.54, 1.807) is 24.8 Å². The SMILES string of the molecule is O=C(Cc1cccnc1)N(Cc1ccncc1)CC1CCCCC1. The molecule has 2 aromatic rings. The Kier molecular flexibility index (Phi) is 5.94. The highest BCUT2D eigenvalue weighted by Gasteiger charge is 2.21. The third-order valence-corrected chi connectivity index (χ3v) is 4.76. The summed E-state index contributed by atoms with van der Waals surface area (Å²) in [6.07, 6.45) is 13.9. The van der Waals surface area contributed by atoms with Crippen molar-refractivity contribution in [2.75, 3.05) is 6.54 Å². The van der Waals surface area contributed by atoms with Crippen LogP contribution in [-0.2, 0) is 17.8 Å². The summed E-state index contributed by atoms with van der Waals surface area (Å²) in [6, 6.07) is 7.84. The quantitative estimate of drug-likeness (QED) is 0.815. The van der Waals surface area contributed by atoms with E-state index in [1.807, 2.05) is 29.2 Å². The summed E-state index contributed by atoms with van der Waals surface area (Å²) in [7, 11) is 0. The number of nitrogens with zero attached hydrogens (tertiary/aromatic N) is 3. The molecule has 4 nitrogen and oxygen atoms in total. The highest BCUT2D eigenvalue weighted by Crippen LogP contribution is 2.25. The van der Waals surface area contributed by atoms with E-state index < -0.39 is 0 Å². The van der Waals surface area contributed by atoms with Gasteiger partial charge in [-0.1, -0.05) is 25.3 Å². The molecule has 3 rings (SSSR count). The topological polar surface area (TPSA) is 46.1 Å². The first kappa shape index (κ1) is 16.6. The monoisotopic (exact) mass is 323 g/mol. The third kappa shape index (κ3) is 4.88. The smallest absolute Gasteiger partial charge is 0.227 e. The van der Waals surface area contributed by atoms with Crippen molar-refractivity contribution in [1.29, 1.82) is 0 Å². The first-order valence-corrected chi connectivity index (χ1v) is 8.87. The number of hydrogen-bond donors (Lipinski definition) is 0. The Bertz CT molecular complexity index is 624. The van der Waals surface area contributed by atoms with Gasteiger partial charge in [-0.2, -0.15) is 0 Å². The summed E-state index contributed by atoms with van der Waals surface area (Å²) in [5.74, 6) is 0.823. The Morgan fingerprint density at radius 2 is 1.79 bits per heavy atom. The highest BCUT2D eigenvalue weighted by molar-refractivity contribution is 5.78. The lowest BCUT2D eigenvalue weighted by Crippen LogP contribution is -2.36. The molecule has 0 spiro atoms. The van der Waals surface area contributed by atoms with Crippen LogP contribution in [0.25, 0.3) is 0 Å². The zero-order chi connectivity index (χ0) is 16.6. The van der Waals surface area contributed by atoms with Gasteiger partial charge in [-0.15, -0.1) is 0 Å². The summed E-state index contributed by atoms with van der Waals surface area (Å²) in [5, 5.41) is 0. The van der Waals surface area contributed by atoms with Crippen molar-refractivity contribution in [3.8, 4) is 0 Å². The molecule has 0 atom stereocenters. The molecule has 0 N–H and O–H groups in total. The largest absolute Gasteiger partial charge is 0.338 e. The molecule has 1 aliphatic rings. The molecule has 2 heterocycles. The average Bonchev–Trinajstić information content (AvgIpc) is 2.64. The molecule has 1 fully saturated rings. The number of aromatic nitrogens is 2. The van der Waals surface area contributed by atoms with Crippen molar-refractivity contribution in [1.82, 2.24) is 14.9 Å². The fourth-order valence-electron chi connectivity index (χ4n) is 3.43. The van der Waals surface area contributed by atoms with Crippen LogP contribution in [0.4, 0.5) is 0 Å². The second kappa shape index (κ2) is 8.57. The second-order valence-corrected chi connectivity index (χ2v) is 6.67. The molecule has 1 aliphatic carbocycles. The van der Waals surface area contributed by atoms with Crippen molar-refractivity contribution in [3.63, 3.8) is 0 Å². The molecule has 2 aromatic heterocycles. The number of amides is 1. The molecule has 1 saturated carbocycles. The Hall–Kier alpha value is -2.23. The second-order valence-electron chi connectivity index (χ2n) is 6.67. The summed E-state index contributed by atoms with van der Waals surface area (Å²) in [6.45, 7) is 1.53. The van der Waals surface area contributed by atoms with Crippen LogP contribution in [-0.4, -0.2) is 27.3 Å². The van der Waals surface area contributed by atoms with E-state index in [0.717, 1.165) is 17.7 Å². The van der Waals surface area contributed by atoms with E-state index in [-0.39, 0.29) is 5.91 Å². The minimum Gasteiger partial charge on any atom is -0.338 e. The zero-order valence-electron chi connectivity index (χ0n) is 14.1. The lowest BCUT2D eigenvalue weighted by Gasteiger charge is -2.30. The van der Waals surface area contributed by atoms with Gasteiger partial charge in [0.1, 0.15) is 0 Å². The fraction of sp³-hybridized carbons (Fsp3) is 0.450. The third-order valence-electron chi connectivity index (χ3n) is 4.76. The molecule has 24 heavy (non-hydrogen) atoms. The summed E-state index contributed by atoms with van der Waals surface area (Å²) >= 11 is 0. The number of carbonyl (C=O) groups is 1. The number of carbonyl (C=O) groups excluding carboxylic acids is 1. The normalized spacial score (nSPS) is 15.2. The molecule has 0 saturated heterocycles. The maximum absolute atomic E-state index is 12.9. The van der Waals surface area contributed by atoms with Crippen LogP contribution in [0, 0.1) is 5.92 Å². The average molecular weight is 323 g/mol. The van der Waals surface area contributed by atoms with Crippen LogP contribution < -0.4 is 0 Å². The van der Waals surface area contributed by atoms with E-state index in [1.165, 1.54) is 32.1 Å². The van der Waals surface area contributed by atoms with Gasteiger partial charge in [0, 0.05) is 37.9 Å². The molecule has 0 unspecified atom stereocenters. The van der Waals surface area contributed by atoms with E-state index in [4.69, 9.17) is 0 Å². The maximum atomic E-state index is 12.9. The fourth-order valence-corrected chi connectivity index (χ4v) is 3.43. The molecular weight excluding hydrogens is 298 g/mol. The van der Waals surface area contributed by atoms with Gasteiger partial charge in [-0.05, 0) is 48.1 Å². The summed E-state index contributed by atoms with van der Waals surface area (Å²) < 4.78 is 0. The first-order chi connectivity index (χ1) is 11.8. The van der Waals surface area contributed by atoms with Crippen molar-refractivity contribution in [2.24, 2.45) is 5.92 Å². The maximum Gasteiger partial charge on any atom is 0.227 e. The Morgan fingerprint density at radius 3 is 2.50 bits per heavy atom. The molecular formula is C20H25N3O. The highest BCUT2D eigenvalue weighted by atomic mass is 16.2. The van der Waals surface area contributed by atoms with Crippen LogP contribution in [0.3, 0.4) is 0 Å². The molecule has 0 radical (unpaired) electrons. The predicted octanol–water partition coefficient (Wildman–Crippen LogP) is 3.63. The Labute approximate surface area is 143 Å². The van der Waals surface area contributed by atoms with E-state index in [2.05, 4.69) is 9.97 Å². The molecule has 0 aliphatic heterocycles. The van der Waals surface area contributed by atoms with Crippen LogP contribution >= 0.6 is 0 Å². The standard InChI is InChI=1S/C20H25N3O/c24-20(13-19-7-4-10-22-14-19)23(15-17-5-2-1-3-6-17)16-18-8-11-21-12-9-18/h4,7-12,14,17H,1-3,5-6,13,15-16H2. The first-order valence-electron chi connectivity index (χ1n) is 8.87. The van der Waals surface area contributed by atoms with Gasteiger partial charge in [0.25, 0.3) is 0 Å². The predicted molar refractivity (Wildman–Crippen MR) is 94.2 cm³/mol. The molecule has 0 aromatic carbocycles. The van der Waals surface area contributed by atoms with Crippen molar-refractivity contribution in [3.05, 3.63) is 60.2 Å². The van der Waals surface area contributed by atoms with Crippen LogP contribution in [0.1, 0.15) is 43.2 Å². The van der Waals surface area contributed by atoms with Crippen molar-refractivity contribution in [2.45, 2.75) is 45.1 Å². The van der Waals surface area contributed by atoms with E-state index in [9.17, 15) is 4.79 Å². The lowest BCUT2D eigenvalue weighted by atomic mass is 9.88. The minimum atomic E-state index is 0.186. The number of pyridine rings is 2. The Morgan fingerprint density at radius 1 is 1.00 bits per heavy atom. The van der Waals surface area contributed by atoms with Gasteiger partial charge in [0.05, 0.1) is 6.42 Å². The van der Waals surface area contributed by atoms with E-state index in [0.29, 0.717) is 18.9 Å². The molecule has 1 amide bonds. The zero-order valence-corrected chi connectivity index (χ0v) is 14.1. The lowest BCUT2D eigenvalue weighted by molar-refractivity contribution is -0.132. The van der Waals surface area contributed by atoms with Crippen LogP contribution in [0.5, 0.6) is 0 Å². The van der Waals surface area contributed by atoms with Gasteiger partial charge in [0.15, 0.2) is 0 Å². The van der Waals surface area contributed by atoms with Crippen molar-refractivity contribution >= 4 is 5.91 Å². The molecule has 0 bridgehead atoms. The van der Waals surface area contributed by atoms with Crippen LogP contribution in [0.2, 0.25) is 0 Å². The van der Waals surface area contributed by atoms with Crippen molar-refractivity contribution < 1.29 is 4.79 Å². The summed E-state index contributed by atoms with van der Waals surface area (Å²) in [5.41, 5.74) is 2.12. The van der Waals surface area contributed by atoms with E-state index >= 15 is 0 Å². The van der Waals surface area contributed by atoms with Gasteiger partial charge in [-0.3, -0.25) is 14.8 Å². The summed E-state index contributed by atoms with van der Waals surface area (Å²) in [4.78, 5) is 23.1. The van der Waals surface area contributed by atoms with Gasteiger partial charge >= 0.3 is 0 Å². The van der Waals surface area contributed by atoms with Gasteiger partial charge < -0.3 is 4.90 Å². The number of hydrogen-bond acceptors (Lipinski definition) is 3. The molecule has 126 valence electrons. The number of rotatable bonds is 6. The molecule has 4 heteroatoms. The Balaban J connectivity index is 1.69. The van der Waals surface area contributed by atoms with Crippen LogP contribution in [0.15, 0.2) is 49.1 Å². The minimum absolute atomic E-state index is 0.186. The van der Waals surface area contributed by atoms with Gasteiger partial charge in [0.2, 0.25) is 5.91 Å².